The normalized spacial score (nSPS) is 14.8. The van der Waals surface area contributed by atoms with Crippen molar-refractivity contribution >= 4 is 17.5 Å². The van der Waals surface area contributed by atoms with Crippen molar-refractivity contribution < 1.29 is 19.1 Å². The van der Waals surface area contributed by atoms with E-state index in [1.165, 1.54) is 23.9 Å². The van der Waals surface area contributed by atoms with Crippen LogP contribution in [0.15, 0.2) is 72.9 Å². The van der Waals surface area contributed by atoms with Gasteiger partial charge >= 0.3 is 5.97 Å². The molecule has 0 spiro atoms. The van der Waals surface area contributed by atoms with E-state index >= 15 is 4.39 Å². The van der Waals surface area contributed by atoms with E-state index in [4.69, 9.17) is 5.11 Å². The van der Waals surface area contributed by atoms with Crippen molar-refractivity contribution in [3.8, 4) is 22.5 Å². The predicted molar refractivity (Wildman–Crippen MR) is 148 cm³/mol. The zero-order valence-corrected chi connectivity index (χ0v) is 22.0. The molecule has 0 saturated heterocycles. The van der Waals surface area contributed by atoms with E-state index in [9.17, 15) is 9.59 Å². The molecule has 1 amide bonds. The molecule has 0 bridgehead atoms. The van der Waals surface area contributed by atoms with Gasteiger partial charge < -0.3 is 10.0 Å². The Hall–Kier alpha value is -4.92. The second-order valence-corrected chi connectivity index (χ2v) is 9.84. The Labute approximate surface area is 229 Å². The number of carboxylic acids is 1. The highest BCUT2D eigenvalue weighted by atomic mass is 19.1. The maximum absolute atomic E-state index is 15.3. The molecule has 8 nitrogen and oxygen atoms in total. The van der Waals surface area contributed by atoms with Gasteiger partial charge in [0.2, 0.25) is 0 Å². The van der Waals surface area contributed by atoms with E-state index < -0.39 is 11.8 Å². The van der Waals surface area contributed by atoms with Gasteiger partial charge in [0.05, 0.1) is 23.0 Å². The molecular weight excluding hydrogens is 509 g/mol. The molecule has 5 aromatic rings. The summed E-state index contributed by atoms with van der Waals surface area (Å²) in [5.41, 5.74) is 5.73. The van der Waals surface area contributed by atoms with E-state index in [1.54, 1.807) is 34.8 Å². The van der Waals surface area contributed by atoms with Gasteiger partial charge in [-0.15, -0.1) is 0 Å². The zero-order chi connectivity index (χ0) is 28.0. The number of nitrogens with zero attached hydrogens (tertiary/aromatic N) is 5. The smallest absolute Gasteiger partial charge is 0.337 e. The van der Waals surface area contributed by atoms with Crippen LogP contribution in [0.25, 0.3) is 28.2 Å². The van der Waals surface area contributed by atoms with Gasteiger partial charge in [-0.1, -0.05) is 37.3 Å². The van der Waals surface area contributed by atoms with Crippen LogP contribution in [0, 0.1) is 5.82 Å². The number of carbonyl (C=O) groups excluding carboxylic acids is 1. The summed E-state index contributed by atoms with van der Waals surface area (Å²) in [7, 11) is 0. The third-order valence-electron chi connectivity index (χ3n) is 7.49. The van der Waals surface area contributed by atoms with Gasteiger partial charge in [-0.25, -0.2) is 18.7 Å². The molecule has 3 aromatic heterocycles. The van der Waals surface area contributed by atoms with E-state index in [1.807, 2.05) is 30.9 Å². The van der Waals surface area contributed by atoms with Crippen molar-refractivity contribution in [3.63, 3.8) is 0 Å². The molecule has 6 rings (SSSR count). The van der Waals surface area contributed by atoms with Crippen molar-refractivity contribution in [1.82, 2.24) is 24.5 Å². The van der Waals surface area contributed by atoms with Crippen LogP contribution in [0.3, 0.4) is 0 Å². The summed E-state index contributed by atoms with van der Waals surface area (Å²) in [6.45, 7) is 4.62. The molecular formula is C31H26FN5O3. The summed E-state index contributed by atoms with van der Waals surface area (Å²) in [4.78, 5) is 35.4. The number of benzene rings is 2. The molecule has 1 N–H and O–H groups in total. The van der Waals surface area contributed by atoms with Gasteiger partial charge in [0.25, 0.3) is 5.91 Å². The summed E-state index contributed by atoms with van der Waals surface area (Å²) in [5.74, 6) is -1.72. The van der Waals surface area contributed by atoms with Crippen molar-refractivity contribution in [1.29, 1.82) is 0 Å². The maximum atomic E-state index is 15.3. The fourth-order valence-corrected chi connectivity index (χ4v) is 5.30. The van der Waals surface area contributed by atoms with Crippen LogP contribution in [0.5, 0.6) is 0 Å². The Morgan fingerprint density at radius 3 is 2.60 bits per heavy atom. The van der Waals surface area contributed by atoms with Gasteiger partial charge in [0.1, 0.15) is 11.5 Å². The molecule has 9 heteroatoms. The Bertz CT molecular complexity index is 1780. The van der Waals surface area contributed by atoms with Crippen LogP contribution in [0.4, 0.5) is 4.39 Å². The Morgan fingerprint density at radius 1 is 1.05 bits per heavy atom. The second-order valence-electron chi connectivity index (χ2n) is 9.84. The Morgan fingerprint density at radius 2 is 1.88 bits per heavy atom. The summed E-state index contributed by atoms with van der Waals surface area (Å²) in [6, 6.07) is 19.2. The Kier molecular flexibility index (Phi) is 6.34. The molecule has 0 radical (unpaired) electrons. The standard InChI is InChI=1S/C31H26FN5O3/c1-3-22-15-28(30(38)36-13-12-19-6-4-5-7-23(19)18(36)2)34-29-16-27(35-37(22)29)24-10-8-20(14-25(24)32)26-11-9-21(17-33-26)31(39)40/h4-11,14-18H,3,12-13H2,1-2H3,(H,39,40)/t18-/m1/s1. The van der Waals surface area contributed by atoms with Crippen molar-refractivity contribution in [2.24, 2.45) is 0 Å². The summed E-state index contributed by atoms with van der Waals surface area (Å²) in [6.07, 6.45) is 2.64. The fourth-order valence-electron chi connectivity index (χ4n) is 5.30. The number of aromatic nitrogens is 4. The molecule has 1 atom stereocenters. The minimum Gasteiger partial charge on any atom is -0.478 e. The quantitative estimate of drug-likeness (QED) is 0.314. The number of hydrogen-bond donors (Lipinski definition) is 1. The highest BCUT2D eigenvalue weighted by Gasteiger charge is 2.29. The first-order chi connectivity index (χ1) is 19.3. The molecule has 200 valence electrons. The molecule has 1 aliphatic heterocycles. The van der Waals surface area contributed by atoms with E-state index in [-0.39, 0.29) is 23.1 Å². The van der Waals surface area contributed by atoms with Crippen LogP contribution >= 0.6 is 0 Å². The number of carbonyl (C=O) groups is 2. The largest absolute Gasteiger partial charge is 0.478 e. The lowest BCUT2D eigenvalue weighted by Crippen LogP contribution is -2.39. The van der Waals surface area contributed by atoms with Crippen LogP contribution < -0.4 is 0 Å². The highest BCUT2D eigenvalue weighted by molar-refractivity contribution is 5.93. The third-order valence-corrected chi connectivity index (χ3v) is 7.49. The number of halogens is 1. The second kappa shape index (κ2) is 10.00. The molecule has 0 unspecified atom stereocenters. The monoisotopic (exact) mass is 535 g/mol. The van der Waals surface area contributed by atoms with Crippen molar-refractivity contribution in [2.45, 2.75) is 32.7 Å². The average molecular weight is 536 g/mol. The molecule has 0 saturated carbocycles. The minimum atomic E-state index is -1.08. The first-order valence-corrected chi connectivity index (χ1v) is 13.1. The number of pyridine rings is 1. The summed E-state index contributed by atoms with van der Waals surface area (Å²) < 4.78 is 17.0. The van der Waals surface area contributed by atoms with Crippen LogP contribution in [0.2, 0.25) is 0 Å². The fraction of sp³-hybridized carbons (Fsp3) is 0.194. The molecule has 1 aliphatic rings. The highest BCUT2D eigenvalue weighted by Crippen LogP contribution is 2.31. The molecule has 2 aromatic carbocycles. The van der Waals surface area contributed by atoms with Crippen LogP contribution in [0.1, 0.15) is 57.6 Å². The van der Waals surface area contributed by atoms with Crippen LogP contribution in [-0.2, 0) is 12.8 Å². The van der Waals surface area contributed by atoms with Gasteiger partial charge in [-0.05, 0) is 61.2 Å². The number of hydrogen-bond acceptors (Lipinski definition) is 5. The number of aryl methyl sites for hydroxylation is 1. The van der Waals surface area contributed by atoms with Crippen LogP contribution in [-0.4, -0.2) is 48.0 Å². The first-order valence-electron chi connectivity index (χ1n) is 13.1. The molecule has 4 heterocycles. The van der Waals surface area contributed by atoms with Crippen molar-refractivity contribution in [2.75, 3.05) is 6.54 Å². The van der Waals surface area contributed by atoms with E-state index in [0.29, 0.717) is 41.3 Å². The molecule has 0 fully saturated rings. The zero-order valence-electron chi connectivity index (χ0n) is 22.0. The SMILES string of the molecule is CCc1cc(C(=O)N2CCc3ccccc3[C@H]2C)nc2cc(-c3ccc(-c4ccc(C(=O)O)cn4)cc3F)nn12. The topological polar surface area (TPSA) is 101 Å². The summed E-state index contributed by atoms with van der Waals surface area (Å²) in [5, 5.41) is 13.7. The minimum absolute atomic E-state index is 0.0576. The number of fused-ring (bicyclic) bond motifs is 2. The lowest BCUT2D eigenvalue weighted by Gasteiger charge is -2.35. The van der Waals surface area contributed by atoms with Gasteiger partial charge in [0, 0.05) is 35.6 Å². The predicted octanol–water partition coefficient (Wildman–Crippen LogP) is 5.62. The third kappa shape index (κ3) is 4.39. The number of amides is 1. The van der Waals surface area contributed by atoms with Crippen molar-refractivity contribution in [3.05, 3.63) is 107 Å². The number of carboxylic acid groups (broad SMARTS) is 1. The molecule has 0 aliphatic carbocycles. The van der Waals surface area contributed by atoms with E-state index in [0.717, 1.165) is 17.7 Å². The van der Waals surface area contributed by atoms with Gasteiger partial charge in [-0.2, -0.15) is 5.10 Å². The Balaban J connectivity index is 1.32. The maximum Gasteiger partial charge on any atom is 0.337 e. The molecule has 40 heavy (non-hydrogen) atoms. The average Bonchev–Trinajstić information content (AvgIpc) is 3.40. The number of rotatable bonds is 5. The summed E-state index contributed by atoms with van der Waals surface area (Å²) >= 11 is 0. The lowest BCUT2D eigenvalue weighted by molar-refractivity contribution is 0.0668. The van der Waals surface area contributed by atoms with Gasteiger partial charge in [0.15, 0.2) is 5.65 Å². The van der Waals surface area contributed by atoms with Gasteiger partial charge in [-0.3, -0.25) is 9.78 Å². The van der Waals surface area contributed by atoms with E-state index in [2.05, 4.69) is 27.2 Å². The number of aromatic carboxylic acids is 1. The lowest BCUT2D eigenvalue weighted by atomic mass is 9.93. The first kappa shape index (κ1) is 25.4.